The third kappa shape index (κ3) is 2.03. The van der Waals surface area contributed by atoms with Crippen LogP contribution in [0.4, 0.5) is 5.95 Å². The van der Waals surface area contributed by atoms with Gasteiger partial charge in [0.15, 0.2) is 0 Å². The Labute approximate surface area is 116 Å². The number of fused-ring (bicyclic) bond motifs is 3. The van der Waals surface area contributed by atoms with Crippen LogP contribution in [0, 0.1) is 0 Å². The van der Waals surface area contributed by atoms with Crippen molar-refractivity contribution in [2.75, 3.05) is 11.9 Å². The number of nitrogens with zero attached hydrogens (tertiary/aromatic N) is 2. The molecule has 1 aliphatic rings. The van der Waals surface area contributed by atoms with Crippen LogP contribution in [0.2, 0.25) is 0 Å². The van der Waals surface area contributed by atoms with Crippen LogP contribution < -0.4 is 10.6 Å². The number of imidazole rings is 1. The van der Waals surface area contributed by atoms with Crippen LogP contribution in [0.15, 0.2) is 24.3 Å². The molecule has 2 aromatic rings. The highest BCUT2D eigenvalue weighted by atomic mass is 16.2. The standard InChI is InChI=1S/C14H16N4O2/c1-2-7-15-12(19)8-11-13(20)17-14-16-9-5-3-4-6-10(9)18(11)14/h3-6,11H,2,7-8H2,1H3,(H,15,19)(H,16,17,20)/t11-/m0/s1. The van der Waals surface area contributed by atoms with Gasteiger partial charge in [-0.05, 0) is 18.6 Å². The van der Waals surface area contributed by atoms with Gasteiger partial charge in [0.05, 0.1) is 17.5 Å². The molecule has 0 fully saturated rings. The normalized spacial score (nSPS) is 17.1. The van der Waals surface area contributed by atoms with Crippen LogP contribution in [0.3, 0.4) is 0 Å². The first-order valence-corrected chi connectivity index (χ1v) is 6.75. The number of para-hydroxylation sites is 2. The average molecular weight is 272 g/mol. The van der Waals surface area contributed by atoms with Crippen molar-refractivity contribution in [3.05, 3.63) is 24.3 Å². The molecule has 2 heterocycles. The van der Waals surface area contributed by atoms with Crippen molar-refractivity contribution in [2.45, 2.75) is 25.8 Å². The highest BCUT2D eigenvalue weighted by Crippen LogP contribution is 2.31. The highest BCUT2D eigenvalue weighted by Gasteiger charge is 2.34. The molecule has 0 saturated carbocycles. The molecule has 0 unspecified atom stereocenters. The third-order valence-corrected chi connectivity index (χ3v) is 3.40. The zero-order valence-electron chi connectivity index (χ0n) is 11.2. The molecule has 1 aromatic heterocycles. The fourth-order valence-electron chi connectivity index (χ4n) is 2.46. The van der Waals surface area contributed by atoms with Crippen LogP contribution in [0.25, 0.3) is 11.0 Å². The second kappa shape index (κ2) is 4.96. The molecule has 0 radical (unpaired) electrons. The molecule has 0 aliphatic carbocycles. The highest BCUT2D eigenvalue weighted by molar-refractivity contribution is 6.01. The number of carbonyl (C=O) groups is 2. The van der Waals surface area contributed by atoms with Crippen molar-refractivity contribution in [2.24, 2.45) is 0 Å². The molecule has 0 bridgehead atoms. The van der Waals surface area contributed by atoms with Crippen LogP contribution in [-0.4, -0.2) is 27.9 Å². The van der Waals surface area contributed by atoms with E-state index in [1.807, 2.05) is 35.8 Å². The summed E-state index contributed by atoms with van der Waals surface area (Å²) in [6.07, 6.45) is 1.01. The number of anilines is 1. The Morgan fingerprint density at radius 2 is 2.25 bits per heavy atom. The van der Waals surface area contributed by atoms with Crippen LogP contribution in [0.5, 0.6) is 0 Å². The number of hydrogen-bond acceptors (Lipinski definition) is 3. The molecule has 6 nitrogen and oxygen atoms in total. The van der Waals surface area contributed by atoms with Crippen molar-refractivity contribution >= 4 is 28.8 Å². The maximum absolute atomic E-state index is 12.0. The Balaban J connectivity index is 1.90. The summed E-state index contributed by atoms with van der Waals surface area (Å²) in [4.78, 5) is 28.2. The number of benzene rings is 1. The van der Waals surface area contributed by atoms with Gasteiger partial charge < -0.3 is 5.32 Å². The molecule has 1 aromatic carbocycles. The fraction of sp³-hybridized carbons (Fsp3) is 0.357. The summed E-state index contributed by atoms with van der Waals surface area (Å²) in [6, 6.07) is 7.07. The summed E-state index contributed by atoms with van der Waals surface area (Å²) in [5.74, 6) is 0.229. The Hall–Kier alpha value is -2.37. The van der Waals surface area contributed by atoms with E-state index in [0.717, 1.165) is 17.5 Å². The van der Waals surface area contributed by atoms with Gasteiger partial charge in [0.1, 0.15) is 6.04 Å². The topological polar surface area (TPSA) is 76.0 Å². The molecule has 104 valence electrons. The third-order valence-electron chi connectivity index (χ3n) is 3.40. The Morgan fingerprint density at radius 1 is 1.45 bits per heavy atom. The summed E-state index contributed by atoms with van der Waals surface area (Å²) in [6.45, 7) is 2.62. The molecule has 2 amide bonds. The predicted octanol–water partition coefficient (Wildman–Crippen LogP) is 1.45. The van der Waals surface area contributed by atoms with E-state index in [1.165, 1.54) is 0 Å². The van der Waals surface area contributed by atoms with Crippen molar-refractivity contribution < 1.29 is 9.59 Å². The molecule has 6 heteroatoms. The number of nitrogens with one attached hydrogen (secondary N) is 2. The molecule has 0 saturated heterocycles. The number of aromatic nitrogens is 2. The minimum absolute atomic E-state index is 0.113. The van der Waals surface area contributed by atoms with Gasteiger partial charge >= 0.3 is 0 Å². The minimum Gasteiger partial charge on any atom is -0.356 e. The lowest BCUT2D eigenvalue weighted by molar-refractivity contribution is -0.126. The van der Waals surface area contributed by atoms with Gasteiger partial charge in [-0.1, -0.05) is 19.1 Å². The quantitative estimate of drug-likeness (QED) is 0.884. The summed E-state index contributed by atoms with van der Waals surface area (Å²) in [7, 11) is 0. The zero-order chi connectivity index (χ0) is 14.1. The lowest BCUT2D eigenvalue weighted by atomic mass is 10.2. The minimum atomic E-state index is -0.519. The molecular formula is C14H16N4O2. The monoisotopic (exact) mass is 272 g/mol. The van der Waals surface area contributed by atoms with E-state index in [9.17, 15) is 9.59 Å². The number of carbonyl (C=O) groups excluding carboxylic acids is 2. The average Bonchev–Trinajstić information content (AvgIpc) is 2.93. The lowest BCUT2D eigenvalue weighted by Gasteiger charge is -2.11. The number of amides is 2. The van der Waals surface area contributed by atoms with Crippen molar-refractivity contribution in [3.63, 3.8) is 0 Å². The molecule has 0 spiro atoms. The first-order valence-electron chi connectivity index (χ1n) is 6.75. The number of hydrogen-bond donors (Lipinski definition) is 2. The molecule has 1 atom stereocenters. The van der Waals surface area contributed by atoms with Gasteiger partial charge in [-0.15, -0.1) is 0 Å². The van der Waals surface area contributed by atoms with Crippen molar-refractivity contribution in [3.8, 4) is 0 Å². The predicted molar refractivity (Wildman–Crippen MR) is 75.3 cm³/mol. The SMILES string of the molecule is CCCNC(=O)C[C@H]1C(=O)Nc2nc3ccccc3n21. The largest absolute Gasteiger partial charge is 0.356 e. The van der Waals surface area contributed by atoms with Gasteiger partial charge in [0, 0.05) is 6.54 Å². The summed E-state index contributed by atoms with van der Waals surface area (Å²) in [5, 5.41) is 5.53. The maximum Gasteiger partial charge on any atom is 0.250 e. The second-order valence-electron chi connectivity index (χ2n) is 4.85. The van der Waals surface area contributed by atoms with E-state index in [4.69, 9.17) is 0 Å². The molecule has 2 N–H and O–H groups in total. The van der Waals surface area contributed by atoms with Gasteiger partial charge in [-0.25, -0.2) is 4.98 Å². The van der Waals surface area contributed by atoms with Crippen molar-refractivity contribution in [1.29, 1.82) is 0 Å². The Kier molecular flexibility index (Phi) is 3.14. The van der Waals surface area contributed by atoms with Crippen LogP contribution in [-0.2, 0) is 9.59 Å². The zero-order valence-corrected chi connectivity index (χ0v) is 11.2. The summed E-state index contributed by atoms with van der Waals surface area (Å²) < 4.78 is 1.81. The number of rotatable bonds is 4. The molecule has 1 aliphatic heterocycles. The molecule has 3 rings (SSSR count). The van der Waals surface area contributed by atoms with Gasteiger partial charge in [0.25, 0.3) is 0 Å². The first kappa shape index (κ1) is 12.7. The summed E-state index contributed by atoms with van der Waals surface area (Å²) in [5.41, 5.74) is 1.69. The van der Waals surface area contributed by atoms with Crippen LogP contribution in [0.1, 0.15) is 25.8 Å². The Bertz CT molecular complexity index is 677. The molecule has 20 heavy (non-hydrogen) atoms. The summed E-state index contributed by atoms with van der Waals surface area (Å²) >= 11 is 0. The fourth-order valence-corrected chi connectivity index (χ4v) is 2.46. The van der Waals surface area contributed by atoms with E-state index < -0.39 is 6.04 Å². The van der Waals surface area contributed by atoms with Gasteiger partial charge in [-0.3, -0.25) is 19.5 Å². The lowest BCUT2D eigenvalue weighted by Crippen LogP contribution is -2.29. The van der Waals surface area contributed by atoms with E-state index in [1.54, 1.807) is 0 Å². The van der Waals surface area contributed by atoms with E-state index in [2.05, 4.69) is 15.6 Å². The molecular weight excluding hydrogens is 256 g/mol. The second-order valence-corrected chi connectivity index (χ2v) is 4.85. The van der Waals surface area contributed by atoms with Crippen LogP contribution >= 0.6 is 0 Å². The Morgan fingerprint density at radius 3 is 3.05 bits per heavy atom. The van der Waals surface area contributed by atoms with E-state index in [0.29, 0.717) is 12.5 Å². The smallest absolute Gasteiger partial charge is 0.250 e. The maximum atomic E-state index is 12.0. The first-order chi connectivity index (χ1) is 9.70. The van der Waals surface area contributed by atoms with Gasteiger partial charge in [0.2, 0.25) is 17.8 Å². The van der Waals surface area contributed by atoms with E-state index in [-0.39, 0.29) is 18.2 Å². The van der Waals surface area contributed by atoms with E-state index >= 15 is 0 Å². The van der Waals surface area contributed by atoms with Crippen molar-refractivity contribution in [1.82, 2.24) is 14.9 Å². The van der Waals surface area contributed by atoms with Gasteiger partial charge in [-0.2, -0.15) is 0 Å².